The molecule has 6 rings (SSSR count). The molecule has 4 heterocycles. The lowest BCUT2D eigenvalue weighted by atomic mass is 10.0. The second kappa shape index (κ2) is 13.5. The van der Waals surface area contributed by atoms with Gasteiger partial charge < -0.3 is 40.1 Å². The first-order valence-corrected chi connectivity index (χ1v) is 14.8. The van der Waals surface area contributed by atoms with Gasteiger partial charge >= 0.3 is 5.97 Å². The van der Waals surface area contributed by atoms with Crippen LogP contribution < -0.4 is 10.5 Å². The van der Waals surface area contributed by atoms with Gasteiger partial charge in [-0.15, -0.1) is 0 Å². The summed E-state index contributed by atoms with van der Waals surface area (Å²) in [5.41, 5.74) is 8.36. The quantitative estimate of drug-likeness (QED) is 0.212. The van der Waals surface area contributed by atoms with Crippen molar-refractivity contribution < 1.29 is 29.3 Å². The third-order valence-corrected chi connectivity index (χ3v) is 8.44. The maximum Gasteiger partial charge on any atom is 0.352 e. The second-order valence-electron chi connectivity index (χ2n) is 11.3. The van der Waals surface area contributed by atoms with E-state index in [-0.39, 0.29) is 5.69 Å². The molecule has 6 N–H and O–H groups in total. The summed E-state index contributed by atoms with van der Waals surface area (Å²) in [6.45, 7) is 7.19. The summed E-state index contributed by atoms with van der Waals surface area (Å²) in [4.78, 5) is 18.7. The number of fused-ring (bicyclic) bond motifs is 2. The number of halogens is 1. The fraction of sp³-hybridized carbons (Fsp3) is 0.452. The Balaban J connectivity index is 0.000000176. The van der Waals surface area contributed by atoms with Crippen molar-refractivity contribution in [1.82, 2.24) is 14.8 Å². The Morgan fingerprint density at radius 2 is 1.90 bits per heavy atom. The molecule has 226 valence electrons. The number of aromatic carboxylic acids is 1. The van der Waals surface area contributed by atoms with Gasteiger partial charge in [0.25, 0.3) is 0 Å². The number of nitrogens with one attached hydrogen (secondary N) is 1. The first kappa shape index (κ1) is 30.3. The van der Waals surface area contributed by atoms with Gasteiger partial charge in [0.15, 0.2) is 0 Å². The smallest absolute Gasteiger partial charge is 0.352 e. The molecule has 2 aliphatic heterocycles. The number of likely N-dealkylation sites (tertiary alicyclic amines) is 2. The standard InChI is InChI=1S/C18H12ClNO4.C13H27N3O2/c19-11-4-5-17-12(6-11)10(9-24-17)8-23-16-3-1-2-14-13(16)7-15(20-14)18(21)22;1-10(8-15-5-2-11(14)3-6-15)16-7-4-12(17)13(18)9-16/h1-7,9,20H,8H2,(H,21,22);10-13,17-18H,2-9,14H2,1H3/t;10-,12?,13?/m.0/s1. The Bertz CT molecular complexity index is 1500. The molecule has 42 heavy (non-hydrogen) atoms. The minimum absolute atomic E-state index is 0.126. The van der Waals surface area contributed by atoms with Gasteiger partial charge in [-0.05, 0) is 75.7 Å². The lowest BCUT2D eigenvalue weighted by Gasteiger charge is -2.40. The van der Waals surface area contributed by atoms with Gasteiger partial charge in [-0.2, -0.15) is 0 Å². The molecule has 2 aromatic heterocycles. The molecule has 0 amide bonds. The van der Waals surface area contributed by atoms with Crippen LogP contribution in [0.15, 0.2) is 53.1 Å². The number of benzene rings is 2. The molecule has 2 unspecified atom stereocenters. The number of aliphatic hydroxyl groups excluding tert-OH is 2. The zero-order valence-corrected chi connectivity index (χ0v) is 24.5. The number of β-amino-alcohol motifs (C(OH)–C–C–N with tert-alkyl or cyclic N) is 1. The lowest BCUT2D eigenvalue weighted by molar-refractivity contribution is -0.0508. The van der Waals surface area contributed by atoms with Crippen molar-refractivity contribution >= 4 is 39.4 Å². The van der Waals surface area contributed by atoms with E-state index in [0.717, 1.165) is 60.9 Å². The molecule has 0 radical (unpaired) electrons. The average molecular weight is 599 g/mol. The number of furan rings is 1. The van der Waals surface area contributed by atoms with Crippen LogP contribution in [0.25, 0.3) is 21.9 Å². The molecule has 0 bridgehead atoms. The first-order valence-electron chi connectivity index (χ1n) is 14.4. The molecule has 2 aliphatic rings. The number of carbonyl (C=O) groups is 1. The summed E-state index contributed by atoms with van der Waals surface area (Å²) in [6.07, 6.45) is 3.37. The van der Waals surface area contributed by atoms with Gasteiger partial charge in [0.2, 0.25) is 0 Å². The highest BCUT2D eigenvalue weighted by atomic mass is 35.5. The van der Waals surface area contributed by atoms with Crippen molar-refractivity contribution in [3.63, 3.8) is 0 Å². The van der Waals surface area contributed by atoms with Crippen LogP contribution in [0.3, 0.4) is 0 Å². The number of rotatable bonds is 7. The fourth-order valence-corrected chi connectivity index (χ4v) is 5.83. The number of carboxylic acid groups (broad SMARTS) is 1. The van der Waals surface area contributed by atoms with Crippen molar-refractivity contribution in [3.8, 4) is 5.75 Å². The number of H-pyrrole nitrogens is 1. The number of carboxylic acids is 1. The van der Waals surface area contributed by atoms with Crippen LogP contribution in [-0.4, -0.2) is 93.1 Å². The fourth-order valence-electron chi connectivity index (χ4n) is 5.66. The van der Waals surface area contributed by atoms with Gasteiger partial charge in [-0.25, -0.2) is 4.79 Å². The van der Waals surface area contributed by atoms with Gasteiger partial charge in [0.1, 0.15) is 23.6 Å². The van der Waals surface area contributed by atoms with Gasteiger partial charge in [-0.3, -0.25) is 4.90 Å². The monoisotopic (exact) mass is 598 g/mol. The number of aromatic amines is 1. The van der Waals surface area contributed by atoms with E-state index in [4.69, 9.17) is 31.6 Å². The van der Waals surface area contributed by atoms with Crippen LogP contribution in [0.1, 0.15) is 42.2 Å². The number of aromatic nitrogens is 1. The molecular weight excluding hydrogens is 560 g/mol. The summed E-state index contributed by atoms with van der Waals surface area (Å²) in [5.74, 6) is -0.403. The van der Waals surface area contributed by atoms with E-state index in [1.807, 2.05) is 24.3 Å². The van der Waals surface area contributed by atoms with E-state index in [0.29, 0.717) is 47.9 Å². The third kappa shape index (κ3) is 7.26. The van der Waals surface area contributed by atoms with Gasteiger partial charge in [-0.1, -0.05) is 17.7 Å². The molecule has 3 atom stereocenters. The Morgan fingerprint density at radius 1 is 1.12 bits per heavy atom. The Hall–Kier alpha value is -3.12. The summed E-state index contributed by atoms with van der Waals surface area (Å²) < 4.78 is 11.4. The molecule has 10 nitrogen and oxygen atoms in total. The number of ether oxygens (including phenoxy) is 1. The minimum Gasteiger partial charge on any atom is -0.488 e. The van der Waals surface area contributed by atoms with E-state index < -0.39 is 18.2 Å². The average Bonchev–Trinajstić information content (AvgIpc) is 3.59. The summed E-state index contributed by atoms with van der Waals surface area (Å²) >= 11 is 6.03. The number of nitrogens with zero attached hydrogens (tertiary/aromatic N) is 2. The van der Waals surface area contributed by atoms with Crippen molar-refractivity contribution in [2.45, 2.75) is 57.1 Å². The summed E-state index contributed by atoms with van der Waals surface area (Å²) in [7, 11) is 0. The van der Waals surface area contributed by atoms with E-state index in [2.05, 4.69) is 21.7 Å². The van der Waals surface area contributed by atoms with Crippen LogP contribution in [-0.2, 0) is 6.61 Å². The van der Waals surface area contributed by atoms with Crippen LogP contribution in [0.4, 0.5) is 0 Å². The number of hydrogen-bond acceptors (Lipinski definition) is 8. The maximum absolute atomic E-state index is 11.1. The van der Waals surface area contributed by atoms with E-state index >= 15 is 0 Å². The van der Waals surface area contributed by atoms with Crippen LogP contribution in [0.5, 0.6) is 5.75 Å². The predicted molar refractivity (Wildman–Crippen MR) is 162 cm³/mol. The topological polar surface area (TPSA) is 148 Å². The zero-order valence-electron chi connectivity index (χ0n) is 23.7. The number of nitrogens with two attached hydrogens (primary N) is 1. The maximum atomic E-state index is 11.1. The predicted octanol–water partition coefficient (Wildman–Crippen LogP) is 4.07. The van der Waals surface area contributed by atoms with Crippen molar-refractivity contribution in [2.75, 3.05) is 32.7 Å². The van der Waals surface area contributed by atoms with Crippen LogP contribution in [0.2, 0.25) is 5.02 Å². The van der Waals surface area contributed by atoms with E-state index in [1.165, 1.54) is 0 Å². The van der Waals surface area contributed by atoms with Crippen LogP contribution >= 0.6 is 11.6 Å². The van der Waals surface area contributed by atoms with Gasteiger partial charge in [0.05, 0.1) is 18.5 Å². The molecule has 2 aromatic carbocycles. The Morgan fingerprint density at radius 3 is 2.64 bits per heavy atom. The summed E-state index contributed by atoms with van der Waals surface area (Å²) in [5, 5.41) is 30.6. The molecule has 2 fully saturated rings. The van der Waals surface area contributed by atoms with Crippen molar-refractivity contribution in [2.24, 2.45) is 5.73 Å². The number of aliphatic hydroxyl groups is 2. The molecule has 0 saturated carbocycles. The Labute approximate surface area is 249 Å². The highest BCUT2D eigenvalue weighted by Crippen LogP contribution is 2.30. The number of piperidine rings is 2. The van der Waals surface area contributed by atoms with E-state index in [1.54, 1.807) is 24.5 Å². The normalized spacial score (nSPS) is 21.3. The van der Waals surface area contributed by atoms with Crippen molar-refractivity contribution in [1.29, 1.82) is 0 Å². The summed E-state index contributed by atoms with van der Waals surface area (Å²) in [6, 6.07) is 13.2. The van der Waals surface area contributed by atoms with Crippen molar-refractivity contribution in [3.05, 3.63) is 65.0 Å². The highest BCUT2D eigenvalue weighted by Gasteiger charge is 2.29. The van der Waals surface area contributed by atoms with Gasteiger partial charge in [0, 0.05) is 58.6 Å². The zero-order chi connectivity index (χ0) is 29.8. The lowest BCUT2D eigenvalue weighted by Crippen LogP contribution is -2.53. The third-order valence-electron chi connectivity index (χ3n) is 8.21. The van der Waals surface area contributed by atoms with E-state index in [9.17, 15) is 15.0 Å². The number of hydrogen-bond donors (Lipinski definition) is 5. The largest absolute Gasteiger partial charge is 0.488 e. The highest BCUT2D eigenvalue weighted by molar-refractivity contribution is 6.31. The molecular formula is C31H39ClN4O6. The van der Waals surface area contributed by atoms with Crippen LogP contribution in [0, 0.1) is 0 Å². The molecule has 0 spiro atoms. The second-order valence-corrected chi connectivity index (χ2v) is 11.7. The Kier molecular flexibility index (Phi) is 9.72. The first-order chi connectivity index (χ1) is 20.2. The minimum atomic E-state index is -1.01. The molecule has 4 aromatic rings. The molecule has 11 heteroatoms. The molecule has 0 aliphatic carbocycles. The SMILES string of the molecule is C[C@@H](CN1CCC(N)CC1)N1CCC(O)C(O)C1.O=C(O)c1cc2c(OCc3coc4ccc(Cl)cc34)cccc2[nH]1. The molecule has 2 saturated heterocycles.